The van der Waals surface area contributed by atoms with Gasteiger partial charge >= 0.3 is 0 Å². The number of H-pyrrole nitrogens is 1. The summed E-state index contributed by atoms with van der Waals surface area (Å²) in [6.45, 7) is 1.92. The molecule has 3 rings (SSSR count). The lowest BCUT2D eigenvalue weighted by Crippen LogP contribution is -2.43. The molecule has 0 aliphatic carbocycles. The average Bonchev–Trinajstić information content (AvgIpc) is 3.25. The largest absolute Gasteiger partial charge is 0.459 e. The van der Waals surface area contributed by atoms with Gasteiger partial charge in [-0.1, -0.05) is 0 Å². The van der Waals surface area contributed by atoms with Crippen molar-refractivity contribution in [2.24, 2.45) is 5.92 Å². The Balaban J connectivity index is 1.52. The number of rotatable bonds is 4. The van der Waals surface area contributed by atoms with Crippen LogP contribution in [0.3, 0.4) is 0 Å². The van der Waals surface area contributed by atoms with Gasteiger partial charge in [0, 0.05) is 25.8 Å². The maximum atomic E-state index is 12.3. The minimum Gasteiger partial charge on any atom is -0.459 e. The zero-order valence-corrected chi connectivity index (χ0v) is 12.1. The van der Waals surface area contributed by atoms with Crippen molar-refractivity contribution in [1.82, 2.24) is 20.4 Å². The first-order valence-corrected chi connectivity index (χ1v) is 7.34. The van der Waals surface area contributed by atoms with Crippen molar-refractivity contribution in [2.45, 2.75) is 12.8 Å². The first kappa shape index (κ1) is 14.4. The van der Waals surface area contributed by atoms with Crippen LogP contribution in [0.2, 0.25) is 0 Å². The number of piperidine rings is 1. The van der Waals surface area contributed by atoms with Crippen molar-refractivity contribution in [3.05, 3.63) is 42.1 Å². The molecule has 1 aliphatic heterocycles. The van der Waals surface area contributed by atoms with Crippen molar-refractivity contribution in [2.75, 3.05) is 19.6 Å². The van der Waals surface area contributed by atoms with Crippen LogP contribution < -0.4 is 5.32 Å². The summed E-state index contributed by atoms with van der Waals surface area (Å²) in [5.74, 6) is 0.324. The van der Waals surface area contributed by atoms with Gasteiger partial charge in [0.2, 0.25) is 0 Å². The number of likely N-dealkylation sites (tertiary alicyclic amines) is 1. The number of aromatic nitrogens is 2. The van der Waals surface area contributed by atoms with Gasteiger partial charge in [0.15, 0.2) is 5.76 Å². The minimum atomic E-state index is -0.219. The van der Waals surface area contributed by atoms with Crippen LogP contribution in [0, 0.1) is 5.92 Å². The number of hydrogen-bond donors (Lipinski definition) is 2. The van der Waals surface area contributed by atoms with Crippen LogP contribution in [0.4, 0.5) is 0 Å². The molecule has 7 heteroatoms. The highest BCUT2D eigenvalue weighted by Crippen LogP contribution is 2.18. The summed E-state index contributed by atoms with van der Waals surface area (Å²) in [6.07, 6.45) is 6.54. The van der Waals surface area contributed by atoms with E-state index < -0.39 is 0 Å². The van der Waals surface area contributed by atoms with Crippen molar-refractivity contribution in [3.8, 4) is 0 Å². The van der Waals surface area contributed by atoms with E-state index in [-0.39, 0.29) is 17.7 Å². The number of nitrogens with one attached hydrogen (secondary N) is 2. The van der Waals surface area contributed by atoms with Gasteiger partial charge in [-0.3, -0.25) is 14.7 Å². The van der Waals surface area contributed by atoms with E-state index in [0.717, 1.165) is 19.4 Å². The molecule has 1 aliphatic rings. The normalized spacial score (nSPS) is 18.2. The molecular formula is C15H18N4O3. The fraction of sp³-hybridized carbons (Fsp3) is 0.400. The molecule has 7 nitrogen and oxygen atoms in total. The van der Waals surface area contributed by atoms with Gasteiger partial charge in [0.05, 0.1) is 18.0 Å². The topological polar surface area (TPSA) is 91.2 Å². The predicted octanol–water partition coefficient (Wildman–Crippen LogP) is 1.28. The molecule has 116 valence electrons. The zero-order valence-electron chi connectivity index (χ0n) is 12.1. The first-order chi connectivity index (χ1) is 10.7. The highest BCUT2D eigenvalue weighted by molar-refractivity contribution is 5.93. The van der Waals surface area contributed by atoms with E-state index >= 15 is 0 Å². The van der Waals surface area contributed by atoms with Crippen LogP contribution >= 0.6 is 0 Å². The van der Waals surface area contributed by atoms with E-state index in [4.69, 9.17) is 4.42 Å². The van der Waals surface area contributed by atoms with Gasteiger partial charge in [0.25, 0.3) is 11.8 Å². The van der Waals surface area contributed by atoms with Crippen LogP contribution in [-0.4, -0.2) is 46.5 Å². The highest BCUT2D eigenvalue weighted by atomic mass is 16.3. The summed E-state index contributed by atoms with van der Waals surface area (Å²) in [7, 11) is 0. The Bertz CT molecular complexity index is 621. The summed E-state index contributed by atoms with van der Waals surface area (Å²) in [5, 5.41) is 9.32. The molecule has 22 heavy (non-hydrogen) atoms. The van der Waals surface area contributed by atoms with Gasteiger partial charge in [-0.05, 0) is 30.9 Å². The lowest BCUT2D eigenvalue weighted by Gasteiger charge is -2.32. The van der Waals surface area contributed by atoms with E-state index in [1.165, 1.54) is 12.5 Å². The van der Waals surface area contributed by atoms with E-state index in [2.05, 4.69) is 15.5 Å². The van der Waals surface area contributed by atoms with Crippen molar-refractivity contribution >= 4 is 11.8 Å². The van der Waals surface area contributed by atoms with E-state index in [1.807, 2.05) is 4.90 Å². The average molecular weight is 302 g/mol. The van der Waals surface area contributed by atoms with Crippen LogP contribution in [0.1, 0.15) is 33.8 Å². The molecule has 2 N–H and O–H groups in total. The second-order valence-electron chi connectivity index (χ2n) is 5.43. The van der Waals surface area contributed by atoms with Crippen LogP contribution in [0.5, 0.6) is 0 Å². The van der Waals surface area contributed by atoms with Crippen molar-refractivity contribution < 1.29 is 14.0 Å². The monoisotopic (exact) mass is 302 g/mol. The second-order valence-corrected chi connectivity index (χ2v) is 5.43. The van der Waals surface area contributed by atoms with Crippen molar-refractivity contribution in [1.29, 1.82) is 0 Å². The number of amides is 2. The molecule has 2 amide bonds. The molecule has 3 heterocycles. The number of carbonyl (C=O) groups is 2. The molecule has 0 aromatic carbocycles. The van der Waals surface area contributed by atoms with Gasteiger partial charge < -0.3 is 14.6 Å². The van der Waals surface area contributed by atoms with Crippen LogP contribution in [0.25, 0.3) is 0 Å². The molecule has 2 aromatic rings. The molecule has 1 atom stereocenters. The third kappa shape index (κ3) is 3.19. The molecule has 1 unspecified atom stereocenters. The maximum absolute atomic E-state index is 12.3. The summed E-state index contributed by atoms with van der Waals surface area (Å²) in [5.41, 5.74) is 0.570. The Hall–Kier alpha value is -2.57. The minimum absolute atomic E-state index is 0.0178. The highest BCUT2D eigenvalue weighted by Gasteiger charge is 2.25. The van der Waals surface area contributed by atoms with Gasteiger partial charge in [-0.15, -0.1) is 0 Å². The summed E-state index contributed by atoms with van der Waals surface area (Å²) < 4.78 is 5.06. The SMILES string of the molecule is O=C(NCC1CCCN(C(=O)c2cn[nH]c2)C1)c1ccco1. The number of aromatic amines is 1. The fourth-order valence-electron chi connectivity index (χ4n) is 2.70. The number of furan rings is 1. The zero-order chi connectivity index (χ0) is 15.4. The Morgan fingerprint density at radius 1 is 1.50 bits per heavy atom. The molecule has 1 saturated heterocycles. The number of hydrogen-bond acceptors (Lipinski definition) is 4. The quantitative estimate of drug-likeness (QED) is 0.890. The van der Waals surface area contributed by atoms with E-state index in [1.54, 1.807) is 18.3 Å². The Morgan fingerprint density at radius 2 is 2.41 bits per heavy atom. The van der Waals surface area contributed by atoms with Gasteiger partial charge in [-0.25, -0.2) is 0 Å². The summed E-state index contributed by atoms with van der Waals surface area (Å²) in [4.78, 5) is 26.0. The first-order valence-electron chi connectivity index (χ1n) is 7.34. The summed E-state index contributed by atoms with van der Waals surface area (Å²) >= 11 is 0. The van der Waals surface area contributed by atoms with E-state index in [0.29, 0.717) is 24.4 Å². The van der Waals surface area contributed by atoms with Crippen LogP contribution in [0.15, 0.2) is 35.2 Å². The van der Waals surface area contributed by atoms with Gasteiger partial charge in [0.1, 0.15) is 0 Å². The number of carbonyl (C=O) groups excluding carboxylic acids is 2. The third-order valence-electron chi connectivity index (χ3n) is 3.85. The number of nitrogens with zero attached hydrogens (tertiary/aromatic N) is 2. The predicted molar refractivity (Wildman–Crippen MR) is 78.3 cm³/mol. The second kappa shape index (κ2) is 6.46. The Kier molecular flexibility index (Phi) is 4.22. The van der Waals surface area contributed by atoms with Gasteiger partial charge in [-0.2, -0.15) is 5.10 Å². The third-order valence-corrected chi connectivity index (χ3v) is 3.85. The maximum Gasteiger partial charge on any atom is 0.286 e. The standard InChI is InChI=1S/C15H18N4O3/c20-14(13-4-2-6-22-13)16-7-11-3-1-5-19(10-11)15(21)12-8-17-18-9-12/h2,4,6,8-9,11H,1,3,5,7,10H2,(H,16,20)(H,17,18). The molecular weight excluding hydrogens is 284 g/mol. The molecule has 1 fully saturated rings. The Morgan fingerprint density at radius 3 is 3.14 bits per heavy atom. The fourth-order valence-corrected chi connectivity index (χ4v) is 2.70. The molecule has 0 bridgehead atoms. The van der Waals surface area contributed by atoms with Crippen LogP contribution in [-0.2, 0) is 0 Å². The molecule has 2 aromatic heterocycles. The summed E-state index contributed by atoms with van der Waals surface area (Å²) in [6, 6.07) is 3.31. The lowest BCUT2D eigenvalue weighted by atomic mass is 9.97. The lowest BCUT2D eigenvalue weighted by molar-refractivity contribution is 0.0670. The molecule has 0 saturated carbocycles. The molecule has 0 spiro atoms. The smallest absolute Gasteiger partial charge is 0.286 e. The van der Waals surface area contributed by atoms with E-state index in [9.17, 15) is 9.59 Å². The molecule has 0 radical (unpaired) electrons. The van der Waals surface area contributed by atoms with Crippen molar-refractivity contribution in [3.63, 3.8) is 0 Å². The Labute approximate surface area is 127 Å².